The molecule has 1 aliphatic heterocycles. The Morgan fingerprint density at radius 1 is 1.47 bits per heavy atom. The summed E-state index contributed by atoms with van der Waals surface area (Å²) in [7, 11) is 0. The summed E-state index contributed by atoms with van der Waals surface area (Å²) in [5.41, 5.74) is 5.91. The van der Waals surface area contributed by atoms with Crippen LogP contribution in [-0.4, -0.2) is 29.4 Å². The van der Waals surface area contributed by atoms with Gasteiger partial charge in [-0.3, -0.25) is 4.79 Å². The van der Waals surface area contributed by atoms with E-state index in [1.165, 1.54) is 0 Å². The number of hydrogen-bond acceptors (Lipinski definition) is 2. The highest BCUT2D eigenvalue weighted by molar-refractivity contribution is 5.84. The van der Waals surface area contributed by atoms with Gasteiger partial charge < -0.3 is 10.6 Å². The quantitative estimate of drug-likeness (QED) is 0.808. The molecular formula is C14H22N2O. The molecule has 3 unspecified atom stereocenters. The van der Waals surface area contributed by atoms with Gasteiger partial charge in [0.15, 0.2) is 0 Å². The van der Waals surface area contributed by atoms with E-state index in [0.717, 1.165) is 19.4 Å². The topological polar surface area (TPSA) is 46.3 Å². The fourth-order valence-corrected chi connectivity index (χ4v) is 2.77. The number of nitrogens with zero attached hydrogens (tertiary/aromatic N) is 1. The molecule has 2 rings (SSSR count). The van der Waals surface area contributed by atoms with Gasteiger partial charge in [0.2, 0.25) is 5.91 Å². The first-order valence-electron chi connectivity index (χ1n) is 6.49. The van der Waals surface area contributed by atoms with Crippen molar-refractivity contribution in [2.75, 3.05) is 6.54 Å². The lowest BCUT2D eigenvalue weighted by atomic mass is 9.90. The number of hydrogen-bond donors (Lipinski definition) is 1. The largest absolute Gasteiger partial charge is 0.337 e. The van der Waals surface area contributed by atoms with Crippen molar-refractivity contribution in [1.82, 2.24) is 4.90 Å². The zero-order valence-corrected chi connectivity index (χ0v) is 10.7. The molecule has 1 aliphatic carbocycles. The Balaban J connectivity index is 2.11. The van der Waals surface area contributed by atoms with E-state index in [4.69, 9.17) is 5.73 Å². The highest BCUT2D eigenvalue weighted by atomic mass is 16.2. The number of allylic oxidation sites excluding steroid dienone is 3. The maximum atomic E-state index is 12.1. The van der Waals surface area contributed by atoms with Gasteiger partial charge in [-0.2, -0.15) is 0 Å². The summed E-state index contributed by atoms with van der Waals surface area (Å²) in [6, 6.07) is -0.000781. The first-order valence-corrected chi connectivity index (χ1v) is 6.49. The number of amides is 1. The fraction of sp³-hybridized carbons (Fsp3) is 0.643. The molecule has 1 heterocycles. The van der Waals surface area contributed by atoms with Crippen molar-refractivity contribution < 1.29 is 4.79 Å². The van der Waals surface area contributed by atoms with Crippen molar-refractivity contribution in [3.63, 3.8) is 0 Å². The molecule has 1 saturated heterocycles. The second-order valence-corrected chi connectivity index (χ2v) is 5.51. The van der Waals surface area contributed by atoms with Crippen molar-refractivity contribution >= 4 is 5.91 Å². The van der Waals surface area contributed by atoms with Gasteiger partial charge in [-0.25, -0.2) is 0 Å². The van der Waals surface area contributed by atoms with Crippen LogP contribution in [0, 0.1) is 11.8 Å². The standard InChI is InChI=1S/C14H22N2O/c1-10(2)9-16-13(8-12(15)14(16)17)11-6-4-3-5-7-11/h3-6,10-13H,7-9,15H2,1-2H3. The molecule has 17 heavy (non-hydrogen) atoms. The molecule has 3 heteroatoms. The first-order chi connectivity index (χ1) is 8.09. The third kappa shape index (κ3) is 2.60. The maximum absolute atomic E-state index is 12.1. The van der Waals surface area contributed by atoms with Crippen LogP contribution < -0.4 is 5.73 Å². The number of nitrogens with two attached hydrogens (primary N) is 1. The van der Waals surface area contributed by atoms with Crippen LogP contribution in [0.3, 0.4) is 0 Å². The summed E-state index contributed by atoms with van der Waals surface area (Å²) >= 11 is 0. The van der Waals surface area contributed by atoms with Crippen molar-refractivity contribution in [2.24, 2.45) is 17.6 Å². The summed E-state index contributed by atoms with van der Waals surface area (Å²) in [5.74, 6) is 1.07. The van der Waals surface area contributed by atoms with E-state index < -0.39 is 0 Å². The second kappa shape index (κ2) is 5.05. The van der Waals surface area contributed by atoms with E-state index in [1.807, 2.05) is 4.90 Å². The lowest BCUT2D eigenvalue weighted by molar-refractivity contribution is -0.130. The lowest BCUT2D eigenvalue weighted by Crippen LogP contribution is -2.41. The smallest absolute Gasteiger partial charge is 0.239 e. The molecule has 0 bridgehead atoms. The molecule has 3 nitrogen and oxygen atoms in total. The van der Waals surface area contributed by atoms with Crippen LogP contribution in [0.5, 0.6) is 0 Å². The van der Waals surface area contributed by atoms with Crippen molar-refractivity contribution in [3.05, 3.63) is 24.3 Å². The van der Waals surface area contributed by atoms with Crippen LogP contribution in [0.2, 0.25) is 0 Å². The Bertz CT molecular complexity index is 346. The molecule has 0 aromatic carbocycles. The lowest BCUT2D eigenvalue weighted by Gasteiger charge is -2.31. The third-order valence-electron chi connectivity index (χ3n) is 3.57. The molecule has 0 aromatic heterocycles. The third-order valence-corrected chi connectivity index (χ3v) is 3.57. The SMILES string of the molecule is CC(C)CN1C(=O)C(N)CC1C1C=CC=CC1. The van der Waals surface area contributed by atoms with Gasteiger partial charge in [-0.1, -0.05) is 38.2 Å². The van der Waals surface area contributed by atoms with E-state index in [2.05, 4.69) is 38.2 Å². The normalized spacial score (nSPS) is 32.8. The second-order valence-electron chi connectivity index (χ2n) is 5.51. The average Bonchev–Trinajstić information content (AvgIpc) is 2.58. The zero-order chi connectivity index (χ0) is 12.4. The molecular weight excluding hydrogens is 212 g/mol. The van der Waals surface area contributed by atoms with Gasteiger partial charge >= 0.3 is 0 Å². The van der Waals surface area contributed by atoms with Crippen LogP contribution in [-0.2, 0) is 4.79 Å². The van der Waals surface area contributed by atoms with Gasteiger partial charge in [0.05, 0.1) is 6.04 Å². The van der Waals surface area contributed by atoms with Crippen molar-refractivity contribution in [1.29, 1.82) is 0 Å². The van der Waals surface area contributed by atoms with Crippen LogP contribution in [0.1, 0.15) is 26.7 Å². The highest BCUT2D eigenvalue weighted by Gasteiger charge is 2.40. The number of carbonyl (C=O) groups is 1. The molecule has 0 radical (unpaired) electrons. The van der Waals surface area contributed by atoms with Crippen LogP contribution in [0.15, 0.2) is 24.3 Å². The zero-order valence-electron chi connectivity index (χ0n) is 10.7. The first kappa shape index (κ1) is 12.4. The molecule has 3 atom stereocenters. The van der Waals surface area contributed by atoms with E-state index in [9.17, 15) is 4.79 Å². The molecule has 94 valence electrons. The molecule has 0 aromatic rings. The van der Waals surface area contributed by atoms with E-state index >= 15 is 0 Å². The van der Waals surface area contributed by atoms with E-state index in [-0.39, 0.29) is 11.9 Å². The predicted octanol–water partition coefficient (Wildman–Crippen LogP) is 1.70. The van der Waals surface area contributed by atoms with Gasteiger partial charge in [0.1, 0.15) is 0 Å². The number of likely N-dealkylation sites (tertiary alicyclic amines) is 1. The summed E-state index contributed by atoms with van der Waals surface area (Å²) < 4.78 is 0. The minimum Gasteiger partial charge on any atom is -0.337 e. The molecule has 1 amide bonds. The van der Waals surface area contributed by atoms with E-state index in [1.54, 1.807) is 0 Å². The van der Waals surface area contributed by atoms with Gasteiger partial charge in [-0.15, -0.1) is 0 Å². The van der Waals surface area contributed by atoms with Gasteiger partial charge in [0.25, 0.3) is 0 Å². The van der Waals surface area contributed by atoms with E-state index in [0.29, 0.717) is 17.9 Å². The minimum absolute atomic E-state index is 0.131. The van der Waals surface area contributed by atoms with Crippen LogP contribution >= 0.6 is 0 Å². The fourth-order valence-electron chi connectivity index (χ4n) is 2.77. The van der Waals surface area contributed by atoms with Gasteiger partial charge in [-0.05, 0) is 18.8 Å². The minimum atomic E-state index is -0.293. The van der Waals surface area contributed by atoms with Crippen LogP contribution in [0.4, 0.5) is 0 Å². The molecule has 1 fully saturated rings. The van der Waals surface area contributed by atoms with Crippen LogP contribution in [0.25, 0.3) is 0 Å². The Labute approximate surface area is 103 Å². The average molecular weight is 234 g/mol. The number of rotatable bonds is 3. The molecule has 2 N–H and O–H groups in total. The summed E-state index contributed by atoms with van der Waals surface area (Å²) in [5, 5.41) is 0. The van der Waals surface area contributed by atoms with Gasteiger partial charge in [0, 0.05) is 18.5 Å². The summed E-state index contributed by atoms with van der Waals surface area (Å²) in [6.07, 6.45) is 10.4. The molecule has 0 spiro atoms. The Hall–Kier alpha value is -1.09. The Morgan fingerprint density at radius 3 is 2.82 bits per heavy atom. The Kier molecular flexibility index (Phi) is 3.67. The predicted molar refractivity (Wildman–Crippen MR) is 69.3 cm³/mol. The highest BCUT2D eigenvalue weighted by Crippen LogP contribution is 2.29. The van der Waals surface area contributed by atoms with Crippen molar-refractivity contribution in [3.8, 4) is 0 Å². The number of carbonyl (C=O) groups excluding carboxylic acids is 1. The monoisotopic (exact) mass is 234 g/mol. The maximum Gasteiger partial charge on any atom is 0.239 e. The summed E-state index contributed by atoms with van der Waals surface area (Å²) in [6.45, 7) is 5.11. The Morgan fingerprint density at radius 2 is 2.24 bits per heavy atom. The summed E-state index contributed by atoms with van der Waals surface area (Å²) in [4.78, 5) is 14.1. The molecule has 0 saturated carbocycles. The van der Waals surface area contributed by atoms with Crippen molar-refractivity contribution in [2.45, 2.75) is 38.8 Å². The molecule has 2 aliphatic rings.